The molecule has 3 aromatic rings. The molecule has 0 spiro atoms. The Morgan fingerprint density at radius 1 is 1.06 bits per heavy atom. The van der Waals surface area contributed by atoms with Crippen molar-refractivity contribution in [3.63, 3.8) is 0 Å². The summed E-state index contributed by atoms with van der Waals surface area (Å²) in [5, 5.41) is 0. The van der Waals surface area contributed by atoms with Crippen LogP contribution in [0.2, 0.25) is 0 Å². The topological polar surface area (TPSA) is 38.8 Å². The van der Waals surface area contributed by atoms with Gasteiger partial charge in [-0.25, -0.2) is 4.39 Å². The van der Waals surface area contributed by atoms with Crippen molar-refractivity contribution in [2.45, 2.75) is 20.0 Å². The molecular weight excluding hydrogens is 457 g/mol. The molecule has 0 radical (unpaired) electrons. The van der Waals surface area contributed by atoms with Crippen LogP contribution in [0.4, 0.5) is 10.1 Å². The van der Waals surface area contributed by atoms with E-state index in [2.05, 4.69) is 0 Å². The van der Waals surface area contributed by atoms with Crippen LogP contribution in [0.3, 0.4) is 0 Å². The fraction of sp³-hybridized carbons (Fsp3) is 0.154. The molecule has 1 amide bonds. The van der Waals surface area contributed by atoms with Crippen LogP contribution < -0.4 is 14.4 Å². The Morgan fingerprint density at radius 2 is 1.79 bits per heavy atom. The van der Waals surface area contributed by atoms with Crippen LogP contribution in [0.1, 0.15) is 31.1 Å². The number of hydrogen-bond acceptors (Lipinski definition) is 5. The van der Waals surface area contributed by atoms with E-state index in [4.69, 9.17) is 21.7 Å². The van der Waals surface area contributed by atoms with Gasteiger partial charge in [-0.05, 0) is 55.3 Å². The van der Waals surface area contributed by atoms with Gasteiger partial charge in [0.05, 0.1) is 17.2 Å². The highest BCUT2D eigenvalue weighted by Crippen LogP contribution is 2.38. The number of carbonyl (C=O) groups is 1. The van der Waals surface area contributed by atoms with E-state index in [1.54, 1.807) is 18.2 Å². The van der Waals surface area contributed by atoms with E-state index < -0.39 is 5.82 Å². The summed E-state index contributed by atoms with van der Waals surface area (Å²) in [6.07, 6.45) is 1.57. The lowest BCUT2D eigenvalue weighted by Crippen LogP contribution is -2.28. The average Bonchev–Trinajstić information content (AvgIpc) is 3.09. The van der Waals surface area contributed by atoms with Crippen molar-refractivity contribution in [1.29, 1.82) is 0 Å². The van der Waals surface area contributed by atoms with Gasteiger partial charge in [0.25, 0.3) is 5.91 Å². The molecule has 0 unspecified atom stereocenters. The van der Waals surface area contributed by atoms with Crippen molar-refractivity contribution < 1.29 is 18.7 Å². The molecule has 0 aliphatic carbocycles. The number of thioether (sulfide) groups is 1. The largest absolute Gasteiger partial charge is 0.490 e. The van der Waals surface area contributed by atoms with E-state index in [1.165, 1.54) is 17.0 Å². The van der Waals surface area contributed by atoms with E-state index in [0.29, 0.717) is 23.0 Å². The molecule has 1 heterocycles. The van der Waals surface area contributed by atoms with Gasteiger partial charge >= 0.3 is 0 Å². The zero-order chi connectivity index (χ0) is 23.4. The summed E-state index contributed by atoms with van der Waals surface area (Å²) in [5.74, 6) is 0.344. The van der Waals surface area contributed by atoms with Crippen molar-refractivity contribution >= 4 is 46.0 Å². The normalized spacial score (nSPS) is 15.7. The number of carbonyl (C=O) groups excluding carboxylic acids is 1. The molecule has 33 heavy (non-hydrogen) atoms. The first kappa shape index (κ1) is 23.0. The molecule has 0 bridgehead atoms. The van der Waals surface area contributed by atoms with Crippen LogP contribution >= 0.6 is 24.0 Å². The average molecular weight is 480 g/mol. The number of hydrogen-bond donors (Lipinski definition) is 0. The smallest absolute Gasteiger partial charge is 0.270 e. The number of halogens is 1. The zero-order valence-corrected chi connectivity index (χ0v) is 19.8. The summed E-state index contributed by atoms with van der Waals surface area (Å²) in [6.45, 7) is 4.35. The Bertz CT molecular complexity index is 1210. The van der Waals surface area contributed by atoms with Gasteiger partial charge in [0.2, 0.25) is 0 Å². The molecule has 1 saturated heterocycles. The van der Waals surface area contributed by atoms with Gasteiger partial charge in [-0.3, -0.25) is 9.69 Å². The molecule has 1 atom stereocenters. The van der Waals surface area contributed by atoms with Crippen molar-refractivity contribution in [3.8, 4) is 11.5 Å². The molecular formula is C26H22FNO3S2. The maximum Gasteiger partial charge on any atom is 0.270 e. The number of thiocarbonyl (C=S) groups is 1. The number of para-hydroxylation sites is 1. The molecule has 4 rings (SSSR count). The quantitative estimate of drug-likeness (QED) is 0.276. The molecule has 168 valence electrons. The van der Waals surface area contributed by atoms with Crippen molar-refractivity contribution in [3.05, 3.63) is 94.6 Å². The third-order valence-corrected chi connectivity index (χ3v) is 6.33. The number of anilines is 1. The van der Waals surface area contributed by atoms with E-state index >= 15 is 0 Å². The summed E-state index contributed by atoms with van der Waals surface area (Å²) in [4.78, 5) is 14.6. The standard InChI is InChI=1S/C26H22FNO3S2/c1-3-30-23-15-18(13-14-22(23)31-17(2)19-9-5-4-6-10-19)16-24-25(29)28(26(32)33-24)21-12-8-7-11-20(21)27/h4-17H,3H2,1-2H3/b24-16-/t17-/m1/s1. The first-order chi connectivity index (χ1) is 16.0. The zero-order valence-electron chi connectivity index (χ0n) is 18.2. The number of benzene rings is 3. The lowest BCUT2D eigenvalue weighted by atomic mass is 10.1. The van der Waals surface area contributed by atoms with Gasteiger partial charge in [-0.1, -0.05) is 72.5 Å². The monoisotopic (exact) mass is 479 g/mol. The third kappa shape index (κ3) is 5.10. The number of nitrogens with zero attached hydrogens (tertiary/aromatic N) is 1. The van der Waals surface area contributed by atoms with Crippen LogP contribution in [-0.4, -0.2) is 16.8 Å². The van der Waals surface area contributed by atoms with E-state index in [1.807, 2.05) is 62.4 Å². The second-order valence-electron chi connectivity index (χ2n) is 7.28. The van der Waals surface area contributed by atoms with Crippen molar-refractivity contribution in [2.75, 3.05) is 11.5 Å². The van der Waals surface area contributed by atoms with Gasteiger partial charge in [0.1, 0.15) is 11.9 Å². The Kier molecular flexibility index (Phi) is 7.11. The minimum Gasteiger partial charge on any atom is -0.490 e. The molecule has 0 N–H and O–H groups in total. The Morgan fingerprint density at radius 3 is 2.52 bits per heavy atom. The van der Waals surface area contributed by atoms with Crippen molar-refractivity contribution in [1.82, 2.24) is 0 Å². The minimum atomic E-state index is -0.497. The van der Waals surface area contributed by atoms with Gasteiger partial charge in [0, 0.05) is 0 Å². The lowest BCUT2D eigenvalue weighted by Gasteiger charge is -2.18. The summed E-state index contributed by atoms with van der Waals surface area (Å²) < 4.78 is 26.5. The molecule has 1 fully saturated rings. The van der Waals surface area contributed by atoms with E-state index in [-0.39, 0.29) is 22.0 Å². The Hall–Kier alpha value is -3.16. The Balaban J connectivity index is 1.59. The first-order valence-electron chi connectivity index (χ1n) is 10.5. The maximum absolute atomic E-state index is 14.2. The second-order valence-corrected chi connectivity index (χ2v) is 8.95. The molecule has 0 saturated carbocycles. The minimum absolute atomic E-state index is 0.150. The lowest BCUT2D eigenvalue weighted by molar-refractivity contribution is -0.113. The summed E-state index contributed by atoms with van der Waals surface area (Å²) in [6, 6.07) is 21.5. The fourth-order valence-corrected chi connectivity index (χ4v) is 4.71. The SMILES string of the molecule is CCOc1cc(/C=C2\SC(=S)N(c3ccccc3F)C2=O)ccc1O[C@H](C)c1ccccc1. The van der Waals surface area contributed by atoms with Crippen LogP contribution in [0.15, 0.2) is 77.7 Å². The predicted molar refractivity (Wildman–Crippen MR) is 135 cm³/mol. The maximum atomic E-state index is 14.2. The van der Waals surface area contributed by atoms with Crippen LogP contribution in [0.5, 0.6) is 11.5 Å². The van der Waals surface area contributed by atoms with Gasteiger partial charge in [0.15, 0.2) is 15.8 Å². The molecule has 7 heteroatoms. The predicted octanol–water partition coefficient (Wildman–Crippen LogP) is 6.77. The third-order valence-electron chi connectivity index (χ3n) is 5.03. The van der Waals surface area contributed by atoms with Gasteiger partial charge in [-0.15, -0.1) is 0 Å². The van der Waals surface area contributed by atoms with Crippen LogP contribution in [-0.2, 0) is 4.79 Å². The van der Waals surface area contributed by atoms with Crippen LogP contribution in [0.25, 0.3) is 6.08 Å². The molecule has 1 aliphatic heterocycles. The molecule has 4 nitrogen and oxygen atoms in total. The summed E-state index contributed by atoms with van der Waals surface area (Å²) >= 11 is 6.49. The van der Waals surface area contributed by atoms with Crippen LogP contribution in [0, 0.1) is 5.82 Å². The van der Waals surface area contributed by atoms with Gasteiger partial charge in [-0.2, -0.15) is 0 Å². The highest BCUT2D eigenvalue weighted by molar-refractivity contribution is 8.27. The number of amides is 1. The highest BCUT2D eigenvalue weighted by Gasteiger charge is 2.34. The van der Waals surface area contributed by atoms with E-state index in [0.717, 1.165) is 22.9 Å². The molecule has 0 aromatic heterocycles. The summed E-state index contributed by atoms with van der Waals surface area (Å²) in [7, 11) is 0. The number of rotatable bonds is 7. The van der Waals surface area contributed by atoms with E-state index in [9.17, 15) is 9.18 Å². The second kappa shape index (κ2) is 10.2. The highest BCUT2D eigenvalue weighted by atomic mass is 32.2. The molecule has 3 aromatic carbocycles. The first-order valence-corrected chi connectivity index (χ1v) is 11.7. The van der Waals surface area contributed by atoms with Gasteiger partial charge < -0.3 is 9.47 Å². The van der Waals surface area contributed by atoms with Crippen molar-refractivity contribution in [2.24, 2.45) is 0 Å². The molecule has 1 aliphatic rings. The fourth-order valence-electron chi connectivity index (χ4n) is 3.42. The Labute approximate surface area is 202 Å². The number of ether oxygens (including phenoxy) is 2. The summed E-state index contributed by atoms with van der Waals surface area (Å²) in [5.41, 5.74) is 1.96.